The largest absolute Gasteiger partial charge is 0.271 e. The Morgan fingerprint density at radius 2 is 2.33 bits per heavy atom. The average Bonchev–Trinajstić information content (AvgIpc) is 2.77. The highest BCUT2D eigenvalue weighted by Gasteiger charge is 2.14. The fourth-order valence-corrected chi connectivity index (χ4v) is 2.65. The standard InChI is InChI=1S/C12H13ClFN3S/c1-7-16-6-12(18-7)11(17-15)5-8-2-3-9(13)10(14)4-8/h2-4,6,11,17H,5,15H2,1H3. The second-order valence-electron chi connectivity index (χ2n) is 3.95. The summed E-state index contributed by atoms with van der Waals surface area (Å²) in [5.41, 5.74) is 3.57. The minimum Gasteiger partial charge on any atom is -0.271 e. The van der Waals surface area contributed by atoms with Gasteiger partial charge >= 0.3 is 0 Å². The maximum Gasteiger partial charge on any atom is 0.142 e. The van der Waals surface area contributed by atoms with Crippen LogP contribution in [0.25, 0.3) is 0 Å². The molecule has 1 heterocycles. The van der Waals surface area contributed by atoms with Crippen LogP contribution in [0, 0.1) is 12.7 Å². The van der Waals surface area contributed by atoms with Gasteiger partial charge in [-0.2, -0.15) is 0 Å². The van der Waals surface area contributed by atoms with Crippen LogP contribution >= 0.6 is 22.9 Å². The molecule has 18 heavy (non-hydrogen) atoms. The van der Waals surface area contributed by atoms with Gasteiger partial charge in [-0.25, -0.2) is 9.37 Å². The Kier molecular flexibility index (Phi) is 4.29. The fourth-order valence-electron chi connectivity index (χ4n) is 1.68. The lowest BCUT2D eigenvalue weighted by Crippen LogP contribution is -2.29. The second kappa shape index (κ2) is 5.75. The molecule has 0 fully saturated rings. The van der Waals surface area contributed by atoms with Crippen molar-refractivity contribution in [2.75, 3.05) is 0 Å². The van der Waals surface area contributed by atoms with Crippen molar-refractivity contribution in [3.63, 3.8) is 0 Å². The molecule has 0 spiro atoms. The number of aryl methyl sites for hydroxylation is 1. The number of aromatic nitrogens is 1. The number of halogens is 2. The Balaban J connectivity index is 2.17. The zero-order valence-electron chi connectivity index (χ0n) is 9.78. The van der Waals surface area contributed by atoms with Crippen LogP contribution in [-0.4, -0.2) is 4.98 Å². The molecular weight excluding hydrogens is 273 g/mol. The van der Waals surface area contributed by atoms with Gasteiger partial charge in [-0.15, -0.1) is 11.3 Å². The first-order valence-corrected chi connectivity index (χ1v) is 6.62. The van der Waals surface area contributed by atoms with E-state index in [4.69, 9.17) is 17.4 Å². The van der Waals surface area contributed by atoms with Crippen molar-refractivity contribution in [3.8, 4) is 0 Å². The highest BCUT2D eigenvalue weighted by Crippen LogP contribution is 2.24. The Morgan fingerprint density at radius 3 is 2.89 bits per heavy atom. The molecule has 2 aromatic rings. The van der Waals surface area contributed by atoms with E-state index in [0.29, 0.717) is 6.42 Å². The first-order valence-electron chi connectivity index (χ1n) is 5.42. The van der Waals surface area contributed by atoms with E-state index in [1.54, 1.807) is 29.7 Å². The van der Waals surface area contributed by atoms with Gasteiger partial charge in [-0.1, -0.05) is 17.7 Å². The average molecular weight is 286 g/mol. The number of nitrogens with two attached hydrogens (primary N) is 1. The normalized spacial score (nSPS) is 12.7. The van der Waals surface area contributed by atoms with Gasteiger partial charge in [0.15, 0.2) is 0 Å². The number of nitrogens with one attached hydrogen (secondary N) is 1. The van der Waals surface area contributed by atoms with Crippen molar-refractivity contribution in [3.05, 3.63) is 50.7 Å². The van der Waals surface area contributed by atoms with Gasteiger partial charge in [0.25, 0.3) is 0 Å². The lowest BCUT2D eigenvalue weighted by molar-refractivity contribution is 0.556. The van der Waals surface area contributed by atoms with Crippen LogP contribution in [0.5, 0.6) is 0 Å². The summed E-state index contributed by atoms with van der Waals surface area (Å²) in [7, 11) is 0. The van der Waals surface area contributed by atoms with E-state index >= 15 is 0 Å². The van der Waals surface area contributed by atoms with Crippen LogP contribution in [0.1, 0.15) is 21.5 Å². The van der Waals surface area contributed by atoms with Gasteiger partial charge < -0.3 is 0 Å². The summed E-state index contributed by atoms with van der Waals surface area (Å²) in [5, 5.41) is 1.11. The number of hydrogen-bond acceptors (Lipinski definition) is 4. The Morgan fingerprint density at radius 1 is 1.56 bits per heavy atom. The van der Waals surface area contributed by atoms with Gasteiger partial charge in [0.1, 0.15) is 5.82 Å². The molecule has 0 bridgehead atoms. The minimum atomic E-state index is -0.412. The molecule has 0 saturated heterocycles. The van der Waals surface area contributed by atoms with Crippen molar-refractivity contribution in [1.82, 2.24) is 10.4 Å². The Bertz CT molecular complexity index is 544. The maximum atomic E-state index is 13.3. The SMILES string of the molecule is Cc1ncc(C(Cc2ccc(Cl)c(F)c2)NN)s1. The number of thiazole rings is 1. The number of nitrogens with zero attached hydrogens (tertiary/aromatic N) is 1. The molecule has 2 rings (SSSR count). The van der Waals surface area contributed by atoms with E-state index in [2.05, 4.69) is 10.4 Å². The van der Waals surface area contributed by atoms with Crippen LogP contribution in [0.15, 0.2) is 24.4 Å². The summed E-state index contributed by atoms with van der Waals surface area (Å²) < 4.78 is 13.3. The lowest BCUT2D eigenvalue weighted by Gasteiger charge is -2.13. The second-order valence-corrected chi connectivity index (χ2v) is 5.63. The Labute approximate surface area is 114 Å². The third kappa shape index (κ3) is 3.05. The van der Waals surface area contributed by atoms with Crippen LogP contribution < -0.4 is 11.3 Å². The molecular formula is C12H13ClFN3S. The zero-order chi connectivity index (χ0) is 13.1. The summed E-state index contributed by atoms with van der Waals surface area (Å²) in [6, 6.07) is 4.71. The van der Waals surface area contributed by atoms with Crippen LogP contribution in [-0.2, 0) is 6.42 Å². The molecule has 96 valence electrons. The molecule has 1 aromatic heterocycles. The smallest absolute Gasteiger partial charge is 0.142 e. The highest BCUT2D eigenvalue weighted by molar-refractivity contribution is 7.11. The molecule has 1 aromatic carbocycles. The topological polar surface area (TPSA) is 50.9 Å². The molecule has 3 nitrogen and oxygen atoms in total. The van der Waals surface area contributed by atoms with Gasteiger partial charge in [0.05, 0.1) is 16.1 Å². The van der Waals surface area contributed by atoms with Gasteiger partial charge in [0, 0.05) is 11.1 Å². The lowest BCUT2D eigenvalue weighted by atomic mass is 10.1. The van der Waals surface area contributed by atoms with E-state index in [-0.39, 0.29) is 11.1 Å². The number of rotatable bonds is 4. The monoisotopic (exact) mass is 285 g/mol. The third-order valence-electron chi connectivity index (χ3n) is 2.61. The van der Waals surface area contributed by atoms with E-state index in [0.717, 1.165) is 15.4 Å². The van der Waals surface area contributed by atoms with Crippen molar-refractivity contribution < 1.29 is 4.39 Å². The van der Waals surface area contributed by atoms with Crippen LogP contribution in [0.4, 0.5) is 4.39 Å². The minimum absolute atomic E-state index is 0.0724. The highest BCUT2D eigenvalue weighted by atomic mass is 35.5. The summed E-state index contributed by atoms with van der Waals surface area (Å²) in [5.74, 6) is 5.13. The predicted octanol–water partition coefficient (Wildman–Crippen LogP) is 2.99. The van der Waals surface area contributed by atoms with E-state index in [9.17, 15) is 4.39 Å². The molecule has 1 atom stereocenters. The molecule has 1 unspecified atom stereocenters. The van der Waals surface area contributed by atoms with Crippen LogP contribution in [0.2, 0.25) is 5.02 Å². The van der Waals surface area contributed by atoms with E-state index in [1.165, 1.54) is 6.07 Å². The van der Waals surface area contributed by atoms with E-state index < -0.39 is 5.82 Å². The van der Waals surface area contributed by atoms with E-state index in [1.807, 2.05) is 6.92 Å². The molecule has 0 aliphatic rings. The first-order chi connectivity index (χ1) is 8.60. The quantitative estimate of drug-likeness (QED) is 0.671. The molecule has 0 aliphatic carbocycles. The maximum absolute atomic E-state index is 13.3. The predicted molar refractivity (Wildman–Crippen MR) is 72.0 cm³/mol. The zero-order valence-corrected chi connectivity index (χ0v) is 11.4. The number of hydrazine groups is 1. The van der Waals surface area contributed by atoms with Crippen molar-refractivity contribution in [2.24, 2.45) is 5.84 Å². The summed E-state index contributed by atoms with van der Waals surface area (Å²) in [4.78, 5) is 5.22. The van der Waals surface area contributed by atoms with Gasteiger partial charge in [-0.3, -0.25) is 11.3 Å². The van der Waals surface area contributed by atoms with Gasteiger partial charge in [0.2, 0.25) is 0 Å². The van der Waals surface area contributed by atoms with Crippen molar-refractivity contribution in [1.29, 1.82) is 0 Å². The number of hydrogen-bond donors (Lipinski definition) is 2. The first kappa shape index (κ1) is 13.4. The fraction of sp³-hybridized carbons (Fsp3) is 0.250. The molecule has 3 N–H and O–H groups in total. The molecule has 0 aliphatic heterocycles. The molecule has 0 amide bonds. The summed E-state index contributed by atoms with van der Waals surface area (Å²) in [6.45, 7) is 1.93. The van der Waals surface area contributed by atoms with Crippen molar-refractivity contribution in [2.45, 2.75) is 19.4 Å². The third-order valence-corrected chi connectivity index (χ3v) is 3.94. The van der Waals surface area contributed by atoms with Crippen molar-refractivity contribution >= 4 is 22.9 Å². The summed E-state index contributed by atoms with van der Waals surface area (Å²) >= 11 is 7.22. The van der Waals surface area contributed by atoms with Gasteiger partial charge in [-0.05, 0) is 31.0 Å². The van der Waals surface area contributed by atoms with Crippen LogP contribution in [0.3, 0.4) is 0 Å². The molecule has 6 heteroatoms. The number of benzene rings is 1. The molecule has 0 radical (unpaired) electrons. The Hall–Kier alpha value is -1.01. The molecule has 0 saturated carbocycles. The summed E-state index contributed by atoms with van der Waals surface area (Å²) in [6.07, 6.45) is 2.38.